The molecule has 0 unspecified atom stereocenters. The molecule has 26 heavy (non-hydrogen) atoms. The number of carbonyl (C=O) groups is 2. The molecular formula is C20H18ClNO4. The molecule has 6 heteroatoms. The third-order valence-corrected chi connectivity index (χ3v) is 4.38. The monoisotopic (exact) mass is 371 g/mol. The van der Waals surface area contributed by atoms with Crippen LogP contribution in [0.5, 0.6) is 0 Å². The summed E-state index contributed by atoms with van der Waals surface area (Å²) in [5.41, 5.74) is 4.41. The van der Waals surface area contributed by atoms with E-state index in [0.717, 1.165) is 22.4 Å². The molecule has 2 aromatic carbocycles. The summed E-state index contributed by atoms with van der Waals surface area (Å²) >= 11 is 6.06. The number of benzene rings is 2. The fraction of sp³-hybridized carbons (Fsp3) is 0.200. The van der Waals surface area contributed by atoms with Gasteiger partial charge in [-0.15, -0.1) is 0 Å². The average molecular weight is 372 g/mol. The Labute approximate surface area is 156 Å². The quantitative estimate of drug-likeness (QED) is 0.815. The zero-order chi connectivity index (χ0) is 18.8. The molecule has 1 atom stereocenters. The summed E-state index contributed by atoms with van der Waals surface area (Å²) in [5, 5.41) is 2.92. The van der Waals surface area contributed by atoms with Gasteiger partial charge in [0.05, 0.1) is 5.56 Å². The SMILES string of the molecule is Cc1ccc(C(=O)O[C@@H]2OC(=O)C(Cl)=C2Nc2ccc(C)cc2C)cc1. The van der Waals surface area contributed by atoms with E-state index >= 15 is 0 Å². The molecule has 0 saturated carbocycles. The maximum absolute atomic E-state index is 12.3. The lowest BCUT2D eigenvalue weighted by Crippen LogP contribution is -2.24. The lowest BCUT2D eigenvalue weighted by atomic mass is 10.1. The Balaban J connectivity index is 1.81. The number of ether oxygens (including phenoxy) is 2. The van der Waals surface area contributed by atoms with Crippen LogP contribution in [-0.2, 0) is 14.3 Å². The van der Waals surface area contributed by atoms with E-state index in [-0.39, 0.29) is 10.7 Å². The lowest BCUT2D eigenvalue weighted by molar-refractivity contribution is -0.152. The molecule has 0 aliphatic carbocycles. The van der Waals surface area contributed by atoms with Gasteiger partial charge in [0.25, 0.3) is 6.29 Å². The maximum atomic E-state index is 12.3. The molecule has 134 valence electrons. The van der Waals surface area contributed by atoms with Gasteiger partial charge in [-0.3, -0.25) is 0 Å². The summed E-state index contributed by atoms with van der Waals surface area (Å²) in [7, 11) is 0. The van der Waals surface area contributed by atoms with E-state index in [1.54, 1.807) is 24.3 Å². The van der Waals surface area contributed by atoms with Crippen molar-refractivity contribution in [2.45, 2.75) is 27.1 Å². The molecule has 1 aliphatic rings. The van der Waals surface area contributed by atoms with Gasteiger partial charge in [0.2, 0.25) is 0 Å². The van der Waals surface area contributed by atoms with Crippen LogP contribution in [0, 0.1) is 20.8 Å². The molecule has 0 amide bonds. The molecule has 0 bridgehead atoms. The maximum Gasteiger partial charge on any atom is 0.355 e. The summed E-state index contributed by atoms with van der Waals surface area (Å²) in [6, 6.07) is 12.7. The third kappa shape index (κ3) is 3.73. The van der Waals surface area contributed by atoms with Crippen LogP contribution >= 0.6 is 11.6 Å². The molecule has 1 aliphatic heterocycles. The Hall–Kier alpha value is -2.79. The number of carbonyl (C=O) groups excluding carboxylic acids is 2. The fourth-order valence-corrected chi connectivity index (χ4v) is 2.75. The van der Waals surface area contributed by atoms with E-state index < -0.39 is 18.2 Å². The van der Waals surface area contributed by atoms with E-state index in [2.05, 4.69) is 5.32 Å². The molecule has 1 heterocycles. The Morgan fingerprint density at radius 3 is 2.38 bits per heavy atom. The standard InChI is InChI=1S/C20H18ClNO4/c1-11-4-7-14(8-5-11)18(23)25-20-17(16(21)19(24)26-20)22-15-9-6-12(2)10-13(15)3/h4-10,20,22H,1-3H3/t20-/m1/s1. The van der Waals surface area contributed by atoms with Gasteiger partial charge in [0, 0.05) is 5.69 Å². The number of aryl methyl sites for hydroxylation is 3. The Kier molecular flexibility index (Phi) is 5.00. The van der Waals surface area contributed by atoms with E-state index in [1.807, 2.05) is 39.0 Å². The molecule has 0 saturated heterocycles. The minimum absolute atomic E-state index is 0.133. The molecule has 0 aromatic heterocycles. The zero-order valence-corrected chi connectivity index (χ0v) is 15.4. The first-order valence-electron chi connectivity index (χ1n) is 8.07. The number of cyclic esters (lactones) is 1. The number of esters is 2. The van der Waals surface area contributed by atoms with Gasteiger partial charge in [-0.05, 0) is 44.5 Å². The van der Waals surface area contributed by atoms with Crippen molar-refractivity contribution >= 4 is 29.2 Å². The number of nitrogens with one attached hydrogen (secondary N) is 1. The first-order valence-corrected chi connectivity index (χ1v) is 8.45. The predicted octanol–water partition coefficient (Wildman–Crippen LogP) is 4.21. The minimum Gasteiger partial charge on any atom is -0.415 e. The molecule has 2 aromatic rings. The molecule has 3 rings (SSSR count). The van der Waals surface area contributed by atoms with Crippen LogP contribution in [0.3, 0.4) is 0 Å². The summed E-state index contributed by atoms with van der Waals surface area (Å²) in [6.07, 6.45) is -1.22. The summed E-state index contributed by atoms with van der Waals surface area (Å²) in [5.74, 6) is -1.34. The van der Waals surface area contributed by atoms with E-state index in [1.165, 1.54) is 0 Å². The highest BCUT2D eigenvalue weighted by atomic mass is 35.5. The van der Waals surface area contributed by atoms with Crippen molar-refractivity contribution in [3.05, 3.63) is 75.4 Å². The third-order valence-electron chi connectivity index (χ3n) is 4.02. The molecule has 5 nitrogen and oxygen atoms in total. The van der Waals surface area contributed by atoms with Crippen molar-refractivity contribution in [3.8, 4) is 0 Å². The number of anilines is 1. The molecule has 0 spiro atoms. The first-order chi connectivity index (χ1) is 12.3. The van der Waals surface area contributed by atoms with Crippen LogP contribution in [0.15, 0.2) is 53.2 Å². The highest BCUT2D eigenvalue weighted by Crippen LogP contribution is 2.30. The molecular weight excluding hydrogens is 354 g/mol. The zero-order valence-electron chi connectivity index (χ0n) is 14.6. The van der Waals surface area contributed by atoms with E-state index in [9.17, 15) is 9.59 Å². The van der Waals surface area contributed by atoms with E-state index in [4.69, 9.17) is 21.1 Å². The van der Waals surface area contributed by atoms with Gasteiger partial charge in [-0.25, -0.2) is 9.59 Å². The van der Waals surface area contributed by atoms with Crippen molar-refractivity contribution in [2.24, 2.45) is 0 Å². The van der Waals surface area contributed by atoms with Gasteiger partial charge < -0.3 is 14.8 Å². The van der Waals surface area contributed by atoms with Gasteiger partial charge in [0.15, 0.2) is 5.03 Å². The van der Waals surface area contributed by atoms with Crippen LogP contribution in [0.25, 0.3) is 0 Å². The summed E-state index contributed by atoms with van der Waals surface area (Å²) in [6.45, 7) is 5.83. The fourth-order valence-electron chi connectivity index (χ4n) is 2.57. The Morgan fingerprint density at radius 2 is 1.73 bits per heavy atom. The van der Waals surface area contributed by atoms with Crippen molar-refractivity contribution in [3.63, 3.8) is 0 Å². The van der Waals surface area contributed by atoms with Crippen LogP contribution < -0.4 is 5.32 Å². The van der Waals surface area contributed by atoms with Gasteiger partial charge in [-0.1, -0.05) is 47.0 Å². The second-order valence-corrected chi connectivity index (χ2v) is 6.56. The average Bonchev–Trinajstić information content (AvgIpc) is 2.85. The van der Waals surface area contributed by atoms with Crippen molar-refractivity contribution in [1.29, 1.82) is 0 Å². The lowest BCUT2D eigenvalue weighted by Gasteiger charge is -2.17. The first kappa shape index (κ1) is 18.0. The highest BCUT2D eigenvalue weighted by molar-refractivity contribution is 6.42. The highest BCUT2D eigenvalue weighted by Gasteiger charge is 2.36. The van der Waals surface area contributed by atoms with Gasteiger partial charge in [0.1, 0.15) is 5.70 Å². The summed E-state index contributed by atoms with van der Waals surface area (Å²) < 4.78 is 10.4. The van der Waals surface area contributed by atoms with Crippen LogP contribution in [0.2, 0.25) is 0 Å². The smallest absolute Gasteiger partial charge is 0.355 e. The van der Waals surface area contributed by atoms with Crippen LogP contribution in [0.1, 0.15) is 27.0 Å². The Bertz CT molecular complexity index is 903. The number of halogens is 1. The largest absolute Gasteiger partial charge is 0.415 e. The van der Waals surface area contributed by atoms with Crippen LogP contribution in [0.4, 0.5) is 5.69 Å². The van der Waals surface area contributed by atoms with E-state index in [0.29, 0.717) is 5.56 Å². The predicted molar refractivity (Wildman–Crippen MR) is 98.9 cm³/mol. The van der Waals surface area contributed by atoms with Crippen molar-refractivity contribution in [1.82, 2.24) is 0 Å². The second-order valence-electron chi connectivity index (χ2n) is 6.18. The second kappa shape index (κ2) is 7.22. The van der Waals surface area contributed by atoms with Gasteiger partial charge >= 0.3 is 11.9 Å². The topological polar surface area (TPSA) is 64.6 Å². The molecule has 1 N–H and O–H groups in total. The van der Waals surface area contributed by atoms with Crippen LogP contribution in [-0.4, -0.2) is 18.2 Å². The normalized spacial score (nSPS) is 16.5. The van der Waals surface area contributed by atoms with Crippen molar-refractivity contribution in [2.75, 3.05) is 5.32 Å². The Morgan fingerprint density at radius 1 is 1.08 bits per heavy atom. The number of rotatable bonds is 4. The summed E-state index contributed by atoms with van der Waals surface area (Å²) in [4.78, 5) is 24.2. The number of hydrogen-bond donors (Lipinski definition) is 1. The van der Waals surface area contributed by atoms with Crippen molar-refractivity contribution < 1.29 is 19.1 Å². The van der Waals surface area contributed by atoms with Gasteiger partial charge in [-0.2, -0.15) is 0 Å². The molecule has 0 radical (unpaired) electrons. The minimum atomic E-state index is -1.22. The molecule has 0 fully saturated rings. The number of hydrogen-bond acceptors (Lipinski definition) is 5.